The Morgan fingerprint density at radius 1 is 0.955 bits per heavy atom. The summed E-state index contributed by atoms with van der Waals surface area (Å²) in [6.45, 7) is 0.543. The maximum atomic E-state index is 10.4. The molecule has 0 aliphatic carbocycles. The first-order valence-electron chi connectivity index (χ1n) is 7.05. The molecule has 22 heavy (non-hydrogen) atoms. The number of benzene rings is 2. The van der Waals surface area contributed by atoms with Gasteiger partial charge in [0.15, 0.2) is 0 Å². The first-order valence-corrected chi connectivity index (χ1v) is 9.38. The van der Waals surface area contributed by atoms with Crippen LogP contribution < -0.4 is 12.0 Å². The van der Waals surface area contributed by atoms with E-state index in [1.54, 1.807) is 12.1 Å². The van der Waals surface area contributed by atoms with E-state index in [0.29, 0.717) is 18.8 Å². The van der Waals surface area contributed by atoms with Crippen LogP contribution in [0, 0.1) is 0 Å². The van der Waals surface area contributed by atoms with Crippen molar-refractivity contribution in [2.75, 3.05) is 6.61 Å². The van der Waals surface area contributed by atoms with Crippen molar-refractivity contribution in [3.63, 3.8) is 0 Å². The van der Waals surface area contributed by atoms with Crippen LogP contribution in [-0.4, -0.2) is 43.7 Å². The third kappa shape index (κ3) is 5.97. The molecule has 116 valence electrons. The molecular formula is C17H18O4Te. The summed E-state index contributed by atoms with van der Waals surface area (Å²) in [7, 11) is 0. The van der Waals surface area contributed by atoms with E-state index in [9.17, 15) is 9.90 Å². The molecule has 0 heterocycles. The van der Waals surface area contributed by atoms with Crippen molar-refractivity contribution in [2.45, 2.75) is 19.3 Å². The molecular weight excluding hydrogens is 396 g/mol. The number of carboxylic acid groups (broad SMARTS) is 1. The van der Waals surface area contributed by atoms with Crippen LogP contribution in [0.3, 0.4) is 0 Å². The Hall–Kier alpha value is -1.70. The number of hydrogen-bond acceptors (Lipinski definition) is 3. The summed E-state index contributed by atoms with van der Waals surface area (Å²) in [5.74, 6) is 0.350. The average molecular weight is 414 g/mol. The molecule has 0 aliphatic heterocycles. The first kappa shape index (κ1) is 16.7. The monoisotopic (exact) mass is 416 g/mol. The Morgan fingerprint density at radius 2 is 1.55 bits per heavy atom. The van der Waals surface area contributed by atoms with Gasteiger partial charge in [0.1, 0.15) is 0 Å². The van der Waals surface area contributed by atoms with Crippen LogP contribution in [0.15, 0.2) is 48.5 Å². The number of phenolic OH excluding ortho intramolecular Hbond substituents is 1. The van der Waals surface area contributed by atoms with Gasteiger partial charge in [-0.2, -0.15) is 0 Å². The van der Waals surface area contributed by atoms with Gasteiger partial charge in [-0.15, -0.1) is 0 Å². The van der Waals surface area contributed by atoms with Crippen LogP contribution in [-0.2, 0) is 4.79 Å². The van der Waals surface area contributed by atoms with Crippen LogP contribution in [0.25, 0.3) is 0 Å². The average Bonchev–Trinajstić information content (AvgIpc) is 2.50. The fourth-order valence-corrected chi connectivity index (χ4v) is 4.15. The molecule has 2 N–H and O–H groups in total. The van der Waals surface area contributed by atoms with E-state index >= 15 is 0 Å². The number of phenols is 1. The Kier molecular flexibility index (Phi) is 6.57. The van der Waals surface area contributed by atoms with E-state index in [4.69, 9.17) is 9.84 Å². The van der Waals surface area contributed by atoms with Crippen molar-refractivity contribution >= 4 is 34.1 Å². The summed E-state index contributed by atoms with van der Waals surface area (Å²) >= 11 is -0.449. The second-order valence-electron chi connectivity index (χ2n) is 4.77. The van der Waals surface area contributed by atoms with Crippen molar-refractivity contribution < 1.29 is 19.7 Å². The maximum absolute atomic E-state index is 10.4. The number of ether oxygens (including phenoxy) is 1. The van der Waals surface area contributed by atoms with Gasteiger partial charge in [-0.25, -0.2) is 0 Å². The minimum atomic E-state index is -0.761. The summed E-state index contributed by atoms with van der Waals surface area (Å²) < 4.78 is 8.17. The zero-order valence-corrected chi connectivity index (χ0v) is 14.4. The van der Waals surface area contributed by atoms with Crippen molar-refractivity contribution in [2.24, 2.45) is 0 Å². The van der Waals surface area contributed by atoms with Crippen molar-refractivity contribution in [3.05, 3.63) is 48.5 Å². The van der Waals surface area contributed by atoms with Gasteiger partial charge in [0.25, 0.3) is 0 Å². The molecule has 0 fully saturated rings. The normalized spacial score (nSPS) is 10.4. The number of rotatable bonds is 8. The molecule has 0 saturated heterocycles. The molecule has 0 amide bonds. The van der Waals surface area contributed by atoms with Gasteiger partial charge in [0.05, 0.1) is 0 Å². The number of unbranched alkanes of at least 4 members (excludes halogenated alkanes) is 1. The summed E-state index contributed by atoms with van der Waals surface area (Å²) in [5, 5.41) is 17.8. The Morgan fingerprint density at radius 3 is 2.14 bits per heavy atom. The molecule has 2 rings (SSSR count). The van der Waals surface area contributed by atoms with Crippen LogP contribution in [0.1, 0.15) is 19.3 Å². The van der Waals surface area contributed by atoms with E-state index in [-0.39, 0.29) is 6.42 Å². The second kappa shape index (κ2) is 8.67. The minimum absolute atomic E-state index is 0.195. The molecule has 2 aromatic rings. The van der Waals surface area contributed by atoms with Crippen molar-refractivity contribution in [1.29, 1.82) is 0 Å². The predicted octanol–water partition coefficient (Wildman–Crippen LogP) is 1.68. The van der Waals surface area contributed by atoms with Gasteiger partial charge in [-0.05, 0) is 0 Å². The van der Waals surface area contributed by atoms with Gasteiger partial charge in [0, 0.05) is 0 Å². The summed E-state index contributed by atoms with van der Waals surface area (Å²) in [4.78, 5) is 10.4. The van der Waals surface area contributed by atoms with Gasteiger partial charge < -0.3 is 0 Å². The standard InChI is InChI=1S/C17H18O4Te/c18-13-4-8-15(9-5-13)22-16-10-6-14(7-11-16)21-12-2-1-3-17(19)20/h4-11,18H,1-3,12H2,(H,19,20). The van der Waals surface area contributed by atoms with E-state index in [1.807, 2.05) is 24.3 Å². The van der Waals surface area contributed by atoms with Crippen molar-refractivity contribution in [1.82, 2.24) is 0 Å². The van der Waals surface area contributed by atoms with Crippen molar-refractivity contribution in [3.8, 4) is 11.5 Å². The molecule has 2 aromatic carbocycles. The molecule has 0 unspecified atom stereocenters. The molecule has 0 aliphatic rings. The van der Waals surface area contributed by atoms with Gasteiger partial charge in [-0.3, -0.25) is 0 Å². The Labute approximate surface area is 139 Å². The van der Waals surface area contributed by atoms with Gasteiger partial charge in [0.2, 0.25) is 0 Å². The van der Waals surface area contributed by atoms with Crippen LogP contribution in [0.2, 0.25) is 0 Å². The summed E-state index contributed by atoms with van der Waals surface area (Å²) in [5.41, 5.74) is 0. The first-order chi connectivity index (χ1) is 10.6. The van der Waals surface area contributed by atoms with E-state index in [2.05, 4.69) is 12.1 Å². The van der Waals surface area contributed by atoms with Crippen LogP contribution in [0.4, 0.5) is 0 Å². The third-order valence-corrected chi connectivity index (χ3v) is 5.85. The van der Waals surface area contributed by atoms with Gasteiger partial charge in [-0.1, -0.05) is 0 Å². The fourth-order valence-electron chi connectivity index (χ4n) is 1.82. The predicted molar refractivity (Wildman–Crippen MR) is 86.6 cm³/mol. The Bertz CT molecular complexity index is 593. The molecule has 0 atom stereocenters. The van der Waals surface area contributed by atoms with E-state index in [1.165, 1.54) is 7.22 Å². The molecule has 0 saturated carbocycles. The zero-order valence-electron chi connectivity index (χ0n) is 12.1. The van der Waals surface area contributed by atoms with Crippen LogP contribution >= 0.6 is 0 Å². The van der Waals surface area contributed by atoms with Gasteiger partial charge >= 0.3 is 140 Å². The number of hydrogen-bond donors (Lipinski definition) is 2. The number of carbonyl (C=O) groups is 1. The fraction of sp³-hybridized carbons (Fsp3) is 0.235. The molecule has 5 heteroatoms. The van der Waals surface area contributed by atoms with Crippen LogP contribution in [0.5, 0.6) is 11.5 Å². The Balaban J connectivity index is 1.77. The molecule has 0 spiro atoms. The number of carboxylic acids is 1. The molecule has 0 bridgehead atoms. The molecule has 4 nitrogen and oxygen atoms in total. The second-order valence-corrected chi connectivity index (χ2v) is 8.04. The topological polar surface area (TPSA) is 66.8 Å². The third-order valence-electron chi connectivity index (χ3n) is 2.95. The van der Waals surface area contributed by atoms with E-state index < -0.39 is 26.9 Å². The summed E-state index contributed by atoms with van der Waals surface area (Å²) in [6.07, 6.45) is 1.58. The van der Waals surface area contributed by atoms with E-state index in [0.717, 1.165) is 12.2 Å². The SMILES string of the molecule is O=C(O)CCCCOc1ccc([Te]c2ccc(O)cc2)cc1. The number of aliphatic carboxylic acids is 1. The molecule has 0 aromatic heterocycles. The summed E-state index contributed by atoms with van der Waals surface area (Å²) in [6, 6.07) is 15.4. The quantitative estimate of drug-likeness (QED) is 0.510. The molecule has 0 radical (unpaired) electrons. The zero-order chi connectivity index (χ0) is 15.8. The number of aromatic hydroxyl groups is 1.